The van der Waals surface area contributed by atoms with Crippen molar-refractivity contribution in [1.82, 2.24) is 9.80 Å². The minimum absolute atomic E-state index is 0.0448. The number of carboxylic acid groups (broad SMARTS) is 1. The van der Waals surface area contributed by atoms with E-state index in [0.717, 1.165) is 25.9 Å². The Morgan fingerprint density at radius 2 is 1.74 bits per heavy atom. The number of carbonyl (C=O) groups excluding carboxylic acids is 1. The number of amides is 1. The molecular formula is C18H24N2O3. The zero-order chi connectivity index (χ0) is 16.2. The van der Waals surface area contributed by atoms with Crippen LogP contribution >= 0.6 is 0 Å². The topological polar surface area (TPSA) is 60.9 Å². The highest BCUT2D eigenvalue weighted by Gasteiger charge is 2.35. The second-order valence-electron chi connectivity index (χ2n) is 6.55. The summed E-state index contributed by atoms with van der Waals surface area (Å²) in [6.45, 7) is 2.91. The second kappa shape index (κ2) is 7.13. The predicted molar refractivity (Wildman–Crippen MR) is 86.8 cm³/mol. The van der Waals surface area contributed by atoms with Crippen LogP contribution in [0.25, 0.3) is 0 Å². The van der Waals surface area contributed by atoms with Gasteiger partial charge in [-0.2, -0.15) is 0 Å². The zero-order valence-electron chi connectivity index (χ0n) is 13.4. The number of benzene rings is 1. The summed E-state index contributed by atoms with van der Waals surface area (Å²) in [6, 6.07) is 10.2. The van der Waals surface area contributed by atoms with Crippen molar-refractivity contribution in [2.24, 2.45) is 5.92 Å². The lowest BCUT2D eigenvalue weighted by Crippen LogP contribution is -2.48. The Morgan fingerprint density at radius 3 is 2.39 bits per heavy atom. The van der Waals surface area contributed by atoms with Gasteiger partial charge in [-0.05, 0) is 37.8 Å². The maximum absolute atomic E-state index is 12.8. The first-order valence-corrected chi connectivity index (χ1v) is 8.44. The van der Waals surface area contributed by atoms with E-state index in [1.807, 2.05) is 23.1 Å². The molecule has 1 aromatic rings. The molecule has 0 radical (unpaired) electrons. The van der Waals surface area contributed by atoms with Crippen molar-refractivity contribution in [2.75, 3.05) is 19.6 Å². The van der Waals surface area contributed by atoms with E-state index in [-0.39, 0.29) is 17.9 Å². The fourth-order valence-corrected chi connectivity index (χ4v) is 3.67. The Hall–Kier alpha value is -1.88. The molecule has 0 bridgehead atoms. The molecule has 2 saturated heterocycles. The molecule has 1 atom stereocenters. The largest absolute Gasteiger partial charge is 0.481 e. The van der Waals surface area contributed by atoms with E-state index < -0.39 is 5.97 Å². The molecule has 0 aliphatic carbocycles. The van der Waals surface area contributed by atoms with Crippen molar-refractivity contribution >= 4 is 11.9 Å². The van der Waals surface area contributed by atoms with E-state index in [4.69, 9.17) is 5.11 Å². The van der Waals surface area contributed by atoms with Gasteiger partial charge in [0.05, 0.1) is 12.0 Å². The number of carboxylic acids is 1. The fraction of sp³-hybridized carbons (Fsp3) is 0.556. The molecule has 0 aromatic heterocycles. The van der Waals surface area contributed by atoms with Crippen LogP contribution in [-0.4, -0.2) is 52.5 Å². The van der Waals surface area contributed by atoms with Gasteiger partial charge in [-0.3, -0.25) is 14.5 Å². The number of likely N-dealkylation sites (tertiary alicyclic amines) is 2. The average Bonchev–Trinajstić information content (AvgIpc) is 3.03. The smallest absolute Gasteiger partial charge is 0.306 e. The van der Waals surface area contributed by atoms with Crippen molar-refractivity contribution in [3.63, 3.8) is 0 Å². The summed E-state index contributed by atoms with van der Waals surface area (Å²) >= 11 is 0. The van der Waals surface area contributed by atoms with Crippen LogP contribution in [0.3, 0.4) is 0 Å². The third-order valence-electron chi connectivity index (χ3n) is 5.03. The quantitative estimate of drug-likeness (QED) is 0.922. The average molecular weight is 316 g/mol. The molecular weight excluding hydrogens is 292 g/mol. The number of hydrogen-bond acceptors (Lipinski definition) is 3. The molecule has 1 aromatic carbocycles. The molecule has 2 heterocycles. The summed E-state index contributed by atoms with van der Waals surface area (Å²) in [5.74, 6) is -0.839. The van der Waals surface area contributed by atoms with E-state index in [1.54, 1.807) is 0 Å². The maximum Gasteiger partial charge on any atom is 0.306 e. The first-order chi connectivity index (χ1) is 11.1. The molecule has 0 saturated carbocycles. The normalized spacial score (nSPS) is 23.1. The van der Waals surface area contributed by atoms with E-state index in [1.165, 1.54) is 5.56 Å². The van der Waals surface area contributed by atoms with Gasteiger partial charge in [-0.1, -0.05) is 30.3 Å². The Bertz CT molecular complexity index is 553. The van der Waals surface area contributed by atoms with Gasteiger partial charge in [0.2, 0.25) is 5.91 Å². The van der Waals surface area contributed by atoms with Crippen molar-refractivity contribution in [2.45, 2.75) is 38.3 Å². The van der Waals surface area contributed by atoms with Crippen molar-refractivity contribution in [1.29, 1.82) is 0 Å². The third kappa shape index (κ3) is 3.72. The molecule has 5 nitrogen and oxygen atoms in total. The molecule has 5 heteroatoms. The molecule has 1 N–H and O–H groups in total. The molecule has 2 fully saturated rings. The SMILES string of the molecule is O=C(O)C1CCN(C(=O)C2CCCN2Cc2ccccc2)CC1. The highest BCUT2D eigenvalue weighted by molar-refractivity contribution is 5.82. The summed E-state index contributed by atoms with van der Waals surface area (Å²) in [4.78, 5) is 28.0. The molecule has 2 aliphatic heterocycles. The monoisotopic (exact) mass is 316 g/mol. The molecule has 1 unspecified atom stereocenters. The van der Waals surface area contributed by atoms with Crippen LogP contribution in [-0.2, 0) is 16.1 Å². The summed E-state index contributed by atoms with van der Waals surface area (Å²) in [5, 5.41) is 9.07. The third-order valence-corrected chi connectivity index (χ3v) is 5.03. The van der Waals surface area contributed by atoms with E-state index in [2.05, 4.69) is 17.0 Å². The van der Waals surface area contributed by atoms with Gasteiger partial charge in [0, 0.05) is 19.6 Å². The van der Waals surface area contributed by atoms with Crippen LogP contribution < -0.4 is 0 Å². The van der Waals surface area contributed by atoms with Crippen LogP contribution in [0.4, 0.5) is 0 Å². The number of aliphatic carboxylic acids is 1. The first kappa shape index (κ1) is 16.0. The van der Waals surface area contributed by atoms with Crippen LogP contribution in [0.2, 0.25) is 0 Å². The molecule has 1 amide bonds. The highest BCUT2D eigenvalue weighted by atomic mass is 16.4. The van der Waals surface area contributed by atoms with Crippen molar-refractivity contribution < 1.29 is 14.7 Å². The number of piperidine rings is 1. The molecule has 23 heavy (non-hydrogen) atoms. The van der Waals surface area contributed by atoms with Crippen LogP contribution in [0.1, 0.15) is 31.2 Å². The minimum atomic E-state index is -0.733. The molecule has 124 valence electrons. The number of carbonyl (C=O) groups is 2. The summed E-state index contributed by atoms with van der Waals surface area (Å²) < 4.78 is 0. The Balaban J connectivity index is 1.59. The van der Waals surface area contributed by atoms with Gasteiger partial charge in [0.1, 0.15) is 0 Å². The van der Waals surface area contributed by atoms with E-state index >= 15 is 0 Å². The van der Waals surface area contributed by atoms with Crippen LogP contribution in [0.5, 0.6) is 0 Å². The van der Waals surface area contributed by atoms with Gasteiger partial charge in [0.15, 0.2) is 0 Å². The van der Waals surface area contributed by atoms with Crippen LogP contribution in [0.15, 0.2) is 30.3 Å². The molecule has 0 spiro atoms. The van der Waals surface area contributed by atoms with E-state index in [0.29, 0.717) is 25.9 Å². The predicted octanol–water partition coefficient (Wildman–Crippen LogP) is 1.97. The highest BCUT2D eigenvalue weighted by Crippen LogP contribution is 2.24. The number of rotatable bonds is 4. The van der Waals surface area contributed by atoms with Crippen molar-refractivity contribution in [3.05, 3.63) is 35.9 Å². The van der Waals surface area contributed by atoms with E-state index in [9.17, 15) is 9.59 Å². The summed E-state index contributed by atoms with van der Waals surface area (Å²) in [7, 11) is 0. The lowest BCUT2D eigenvalue weighted by molar-refractivity contribution is -0.146. The fourth-order valence-electron chi connectivity index (χ4n) is 3.67. The van der Waals surface area contributed by atoms with Gasteiger partial charge >= 0.3 is 5.97 Å². The van der Waals surface area contributed by atoms with Crippen LogP contribution in [0, 0.1) is 5.92 Å². The van der Waals surface area contributed by atoms with Gasteiger partial charge in [-0.15, -0.1) is 0 Å². The van der Waals surface area contributed by atoms with Gasteiger partial charge in [0.25, 0.3) is 0 Å². The zero-order valence-corrected chi connectivity index (χ0v) is 13.4. The van der Waals surface area contributed by atoms with Gasteiger partial charge < -0.3 is 10.0 Å². The minimum Gasteiger partial charge on any atom is -0.481 e. The maximum atomic E-state index is 12.8. The second-order valence-corrected chi connectivity index (χ2v) is 6.55. The van der Waals surface area contributed by atoms with Gasteiger partial charge in [-0.25, -0.2) is 0 Å². The Morgan fingerprint density at radius 1 is 1.04 bits per heavy atom. The number of hydrogen-bond donors (Lipinski definition) is 1. The molecule has 2 aliphatic rings. The van der Waals surface area contributed by atoms with Crippen molar-refractivity contribution in [3.8, 4) is 0 Å². The standard InChI is InChI=1S/C18H24N2O3/c21-17(19-11-8-15(9-12-19)18(22)23)16-7-4-10-20(16)13-14-5-2-1-3-6-14/h1-3,5-6,15-16H,4,7-13H2,(H,22,23). The summed E-state index contributed by atoms with van der Waals surface area (Å²) in [6.07, 6.45) is 3.11. The first-order valence-electron chi connectivity index (χ1n) is 8.44. The lowest BCUT2D eigenvalue weighted by Gasteiger charge is -2.34. The number of nitrogens with zero attached hydrogens (tertiary/aromatic N) is 2. The Labute approximate surface area is 136 Å². The molecule has 3 rings (SSSR count). The lowest BCUT2D eigenvalue weighted by atomic mass is 9.96. The summed E-state index contributed by atoms with van der Waals surface area (Å²) in [5.41, 5.74) is 1.23. The Kier molecular flexibility index (Phi) is 4.96.